The van der Waals surface area contributed by atoms with Gasteiger partial charge in [-0.2, -0.15) is 5.10 Å². The topological polar surface area (TPSA) is 61.0 Å². The summed E-state index contributed by atoms with van der Waals surface area (Å²) in [6.45, 7) is 1.61. The Morgan fingerprint density at radius 1 is 1.56 bits per heavy atom. The minimum absolute atomic E-state index is 0.101. The van der Waals surface area contributed by atoms with Crippen molar-refractivity contribution >= 4 is 16.8 Å². The predicted octanol–water partition coefficient (Wildman–Crippen LogP) is 0.997. The minimum Gasteiger partial charge on any atom is -0.337 e. The van der Waals surface area contributed by atoms with Crippen LogP contribution in [0.15, 0.2) is 24.4 Å². The maximum absolute atomic E-state index is 12.3. The number of carbonyl (C=O) groups excluding carboxylic acids is 1. The third-order valence-electron chi connectivity index (χ3n) is 3.57. The van der Waals surface area contributed by atoms with Gasteiger partial charge >= 0.3 is 0 Å². The molecule has 2 heterocycles. The highest BCUT2D eigenvalue weighted by molar-refractivity contribution is 5.97. The molecule has 1 unspecified atom stereocenters. The number of hydrogen-bond donors (Lipinski definition) is 2. The van der Waals surface area contributed by atoms with Crippen LogP contribution in [0.5, 0.6) is 0 Å². The van der Waals surface area contributed by atoms with Crippen LogP contribution in [0, 0.1) is 0 Å². The maximum Gasteiger partial charge on any atom is 0.253 e. The molecular formula is C13H16N4O. The van der Waals surface area contributed by atoms with Gasteiger partial charge in [0.1, 0.15) is 0 Å². The second-order valence-corrected chi connectivity index (χ2v) is 4.70. The molecule has 0 bridgehead atoms. The van der Waals surface area contributed by atoms with E-state index in [0.29, 0.717) is 6.04 Å². The first-order valence-electron chi connectivity index (χ1n) is 6.17. The molecular weight excluding hydrogens is 228 g/mol. The Hall–Kier alpha value is -1.88. The number of nitrogens with one attached hydrogen (secondary N) is 2. The van der Waals surface area contributed by atoms with Crippen LogP contribution < -0.4 is 5.32 Å². The number of fused-ring (bicyclic) bond motifs is 1. The summed E-state index contributed by atoms with van der Waals surface area (Å²) in [6.07, 6.45) is 2.78. The smallest absolute Gasteiger partial charge is 0.253 e. The number of aromatic nitrogens is 2. The molecule has 2 aromatic rings. The van der Waals surface area contributed by atoms with Crippen molar-refractivity contribution in [3.63, 3.8) is 0 Å². The van der Waals surface area contributed by atoms with Gasteiger partial charge in [-0.15, -0.1) is 0 Å². The van der Waals surface area contributed by atoms with E-state index in [-0.39, 0.29) is 5.91 Å². The number of likely N-dealkylation sites (N-methyl/N-ethyl adjacent to an activating group) is 1. The number of benzene rings is 1. The Balaban J connectivity index is 1.83. The van der Waals surface area contributed by atoms with Crippen molar-refractivity contribution in [1.82, 2.24) is 20.4 Å². The second-order valence-electron chi connectivity index (χ2n) is 4.70. The molecule has 18 heavy (non-hydrogen) atoms. The zero-order chi connectivity index (χ0) is 12.5. The number of nitrogens with zero attached hydrogens (tertiary/aromatic N) is 2. The Morgan fingerprint density at radius 2 is 2.44 bits per heavy atom. The third kappa shape index (κ3) is 1.86. The van der Waals surface area contributed by atoms with Gasteiger partial charge in [0.15, 0.2) is 0 Å². The molecule has 1 aliphatic rings. The van der Waals surface area contributed by atoms with Gasteiger partial charge in [0.25, 0.3) is 5.91 Å². The van der Waals surface area contributed by atoms with E-state index in [1.165, 1.54) is 0 Å². The van der Waals surface area contributed by atoms with Gasteiger partial charge in [-0.3, -0.25) is 9.89 Å². The molecule has 1 amide bonds. The van der Waals surface area contributed by atoms with Crippen molar-refractivity contribution in [3.05, 3.63) is 30.0 Å². The molecule has 1 saturated heterocycles. The van der Waals surface area contributed by atoms with E-state index < -0.39 is 0 Å². The van der Waals surface area contributed by atoms with Crippen LogP contribution in [0.3, 0.4) is 0 Å². The monoisotopic (exact) mass is 244 g/mol. The number of likely N-dealkylation sites (tertiary alicyclic amines) is 1. The molecule has 5 nitrogen and oxygen atoms in total. The molecule has 2 N–H and O–H groups in total. The quantitative estimate of drug-likeness (QED) is 0.828. The molecule has 1 aliphatic heterocycles. The van der Waals surface area contributed by atoms with E-state index in [1.54, 1.807) is 6.20 Å². The fourth-order valence-corrected chi connectivity index (χ4v) is 2.43. The summed E-state index contributed by atoms with van der Waals surface area (Å²) in [6, 6.07) is 6.09. The molecule has 5 heteroatoms. The van der Waals surface area contributed by atoms with Crippen molar-refractivity contribution in [2.45, 2.75) is 12.5 Å². The first kappa shape index (κ1) is 11.2. The first-order valence-corrected chi connectivity index (χ1v) is 6.17. The second kappa shape index (κ2) is 4.42. The van der Waals surface area contributed by atoms with Gasteiger partial charge in [-0.05, 0) is 25.6 Å². The lowest BCUT2D eigenvalue weighted by atomic mass is 10.1. The Labute approximate surface area is 105 Å². The van der Waals surface area contributed by atoms with Gasteiger partial charge in [0.2, 0.25) is 0 Å². The highest BCUT2D eigenvalue weighted by Gasteiger charge is 2.25. The van der Waals surface area contributed by atoms with Crippen LogP contribution in [0.1, 0.15) is 16.8 Å². The number of rotatable bonds is 2. The van der Waals surface area contributed by atoms with Crippen LogP contribution in [0.25, 0.3) is 10.9 Å². The Kier molecular flexibility index (Phi) is 2.76. The molecule has 0 spiro atoms. The van der Waals surface area contributed by atoms with Crippen molar-refractivity contribution < 1.29 is 4.79 Å². The molecule has 0 aliphatic carbocycles. The highest BCUT2D eigenvalue weighted by atomic mass is 16.2. The number of H-pyrrole nitrogens is 1. The van der Waals surface area contributed by atoms with E-state index >= 15 is 0 Å². The normalized spacial score (nSPS) is 19.6. The average molecular weight is 244 g/mol. The predicted molar refractivity (Wildman–Crippen MR) is 69.5 cm³/mol. The van der Waals surface area contributed by atoms with Gasteiger partial charge in [-0.25, -0.2) is 0 Å². The fraction of sp³-hybridized carbons (Fsp3) is 0.385. The van der Waals surface area contributed by atoms with Crippen LogP contribution in [0.2, 0.25) is 0 Å². The molecule has 3 rings (SSSR count). The van der Waals surface area contributed by atoms with Crippen LogP contribution >= 0.6 is 0 Å². The number of amides is 1. The summed E-state index contributed by atoms with van der Waals surface area (Å²) in [5.74, 6) is 0.101. The summed E-state index contributed by atoms with van der Waals surface area (Å²) >= 11 is 0. The SMILES string of the molecule is CNC1CCN(C(=O)c2ccc3cn[nH]c3c2)C1. The largest absolute Gasteiger partial charge is 0.337 e. The zero-order valence-corrected chi connectivity index (χ0v) is 10.3. The minimum atomic E-state index is 0.101. The van der Waals surface area contributed by atoms with Gasteiger partial charge < -0.3 is 10.2 Å². The lowest BCUT2D eigenvalue weighted by Gasteiger charge is -2.16. The van der Waals surface area contributed by atoms with E-state index in [4.69, 9.17) is 0 Å². The first-order chi connectivity index (χ1) is 8.78. The lowest BCUT2D eigenvalue weighted by molar-refractivity contribution is 0.0790. The summed E-state index contributed by atoms with van der Waals surface area (Å²) in [5.41, 5.74) is 1.63. The summed E-state index contributed by atoms with van der Waals surface area (Å²) < 4.78 is 0. The molecule has 0 radical (unpaired) electrons. The third-order valence-corrected chi connectivity index (χ3v) is 3.57. The number of carbonyl (C=O) groups is 1. The van der Waals surface area contributed by atoms with Crippen molar-refractivity contribution in [2.75, 3.05) is 20.1 Å². The van der Waals surface area contributed by atoms with Gasteiger partial charge in [0.05, 0.1) is 11.7 Å². The lowest BCUT2D eigenvalue weighted by Crippen LogP contribution is -2.33. The Morgan fingerprint density at radius 3 is 3.22 bits per heavy atom. The summed E-state index contributed by atoms with van der Waals surface area (Å²) in [4.78, 5) is 14.2. The summed E-state index contributed by atoms with van der Waals surface area (Å²) in [7, 11) is 1.94. The van der Waals surface area contributed by atoms with Crippen LogP contribution in [0.4, 0.5) is 0 Å². The van der Waals surface area contributed by atoms with E-state index in [1.807, 2.05) is 30.1 Å². The van der Waals surface area contributed by atoms with Crippen LogP contribution in [-0.2, 0) is 0 Å². The molecule has 1 aromatic carbocycles. The van der Waals surface area contributed by atoms with Gasteiger partial charge in [-0.1, -0.05) is 6.07 Å². The fourth-order valence-electron chi connectivity index (χ4n) is 2.43. The average Bonchev–Trinajstić information content (AvgIpc) is 3.05. The molecule has 0 saturated carbocycles. The van der Waals surface area contributed by atoms with Gasteiger partial charge in [0, 0.05) is 30.1 Å². The Bertz CT molecular complexity index is 577. The van der Waals surface area contributed by atoms with E-state index in [9.17, 15) is 4.79 Å². The zero-order valence-electron chi connectivity index (χ0n) is 10.3. The molecule has 94 valence electrons. The number of hydrogen-bond acceptors (Lipinski definition) is 3. The van der Waals surface area contributed by atoms with Crippen molar-refractivity contribution in [1.29, 1.82) is 0 Å². The molecule has 1 atom stereocenters. The van der Waals surface area contributed by atoms with Crippen molar-refractivity contribution in [2.24, 2.45) is 0 Å². The van der Waals surface area contributed by atoms with E-state index in [0.717, 1.165) is 36.0 Å². The molecule has 1 aromatic heterocycles. The number of aromatic amines is 1. The summed E-state index contributed by atoms with van der Waals surface area (Å²) in [5, 5.41) is 11.1. The van der Waals surface area contributed by atoms with Crippen molar-refractivity contribution in [3.8, 4) is 0 Å². The standard InChI is InChI=1S/C13H16N4O/c1-14-11-4-5-17(8-11)13(18)9-2-3-10-7-15-16-12(10)6-9/h2-3,6-7,11,14H,4-5,8H2,1H3,(H,15,16). The van der Waals surface area contributed by atoms with Crippen LogP contribution in [-0.4, -0.2) is 47.2 Å². The molecule has 1 fully saturated rings. The maximum atomic E-state index is 12.3. The highest BCUT2D eigenvalue weighted by Crippen LogP contribution is 2.17. The van der Waals surface area contributed by atoms with E-state index in [2.05, 4.69) is 15.5 Å².